The minimum absolute atomic E-state index is 0.567. The lowest BCUT2D eigenvalue weighted by Gasteiger charge is -2.20. The molecular weight excluding hydrogens is 230 g/mol. The van der Waals surface area contributed by atoms with Gasteiger partial charge in [0.1, 0.15) is 0 Å². The molecule has 19 heavy (non-hydrogen) atoms. The second-order valence-electron chi connectivity index (χ2n) is 5.78. The molecule has 0 aliphatic rings. The molecule has 1 aromatic rings. The van der Waals surface area contributed by atoms with Gasteiger partial charge in [-0.05, 0) is 64.1 Å². The molecule has 106 valence electrons. The maximum Gasteiger partial charge on any atom is 0.0111 e. The monoisotopic (exact) mass is 259 g/mol. The Hall–Kier alpha value is -1.08. The summed E-state index contributed by atoms with van der Waals surface area (Å²) in [6, 6.07) is 7.33. The minimum Gasteiger partial charge on any atom is -0.314 e. The zero-order valence-electron chi connectivity index (χ0n) is 13.1. The summed E-state index contributed by atoms with van der Waals surface area (Å²) in [6.45, 7) is 13.8. The molecule has 0 fully saturated rings. The zero-order valence-corrected chi connectivity index (χ0v) is 13.1. The van der Waals surface area contributed by atoms with Crippen LogP contribution in [0.2, 0.25) is 0 Å². The third-order valence-electron chi connectivity index (χ3n) is 3.57. The Morgan fingerprint density at radius 3 is 2.68 bits per heavy atom. The number of hydrogen-bond acceptors (Lipinski definition) is 1. The Balaban J connectivity index is 2.68. The van der Waals surface area contributed by atoms with E-state index >= 15 is 0 Å². The Bertz CT molecular complexity index is 406. The van der Waals surface area contributed by atoms with Gasteiger partial charge >= 0.3 is 0 Å². The summed E-state index contributed by atoms with van der Waals surface area (Å²) in [5.41, 5.74) is 5.53. The van der Waals surface area contributed by atoms with E-state index in [-0.39, 0.29) is 0 Å². The summed E-state index contributed by atoms with van der Waals surface area (Å²) in [6.07, 6.45) is 4.62. The van der Waals surface area contributed by atoms with Crippen LogP contribution in [0.1, 0.15) is 49.8 Å². The van der Waals surface area contributed by atoms with Crippen LogP contribution in [0.25, 0.3) is 0 Å². The Kier molecular flexibility index (Phi) is 6.86. The summed E-state index contributed by atoms with van der Waals surface area (Å²) in [4.78, 5) is 0. The molecule has 0 saturated carbocycles. The number of aryl methyl sites for hydroxylation is 2. The van der Waals surface area contributed by atoms with Crippen LogP contribution in [0.15, 0.2) is 30.4 Å². The summed E-state index contributed by atoms with van der Waals surface area (Å²) in [7, 11) is 0. The Morgan fingerprint density at radius 1 is 1.32 bits per heavy atom. The first kappa shape index (κ1) is 16.0. The second-order valence-corrected chi connectivity index (χ2v) is 5.78. The predicted octanol–water partition coefficient (Wildman–Crippen LogP) is 4.57. The van der Waals surface area contributed by atoms with Crippen molar-refractivity contribution in [3.63, 3.8) is 0 Å². The van der Waals surface area contributed by atoms with Gasteiger partial charge < -0.3 is 5.32 Å². The van der Waals surface area contributed by atoms with Crippen LogP contribution in [-0.2, 0) is 6.42 Å². The number of hydrogen-bond donors (Lipinski definition) is 1. The van der Waals surface area contributed by atoms with Crippen molar-refractivity contribution in [3.05, 3.63) is 47.0 Å². The highest BCUT2D eigenvalue weighted by Gasteiger charge is 2.10. The number of rotatable bonds is 8. The van der Waals surface area contributed by atoms with Crippen molar-refractivity contribution in [2.75, 3.05) is 6.54 Å². The van der Waals surface area contributed by atoms with Gasteiger partial charge in [-0.15, -0.1) is 6.58 Å². The number of allylic oxidation sites excluding steroid dienone is 1. The van der Waals surface area contributed by atoms with Gasteiger partial charge in [-0.3, -0.25) is 0 Å². The molecule has 0 aliphatic heterocycles. The van der Waals surface area contributed by atoms with Crippen molar-refractivity contribution in [3.8, 4) is 0 Å². The molecule has 0 heterocycles. The van der Waals surface area contributed by atoms with Crippen LogP contribution < -0.4 is 5.32 Å². The lowest BCUT2D eigenvalue weighted by Crippen LogP contribution is -2.32. The van der Waals surface area contributed by atoms with Gasteiger partial charge in [0.05, 0.1) is 0 Å². The van der Waals surface area contributed by atoms with Crippen molar-refractivity contribution >= 4 is 0 Å². The van der Waals surface area contributed by atoms with E-state index in [0.29, 0.717) is 6.04 Å². The lowest BCUT2D eigenvalue weighted by molar-refractivity contribution is 0.476. The van der Waals surface area contributed by atoms with Gasteiger partial charge in [0.15, 0.2) is 0 Å². The molecule has 1 unspecified atom stereocenters. The normalized spacial score (nSPS) is 12.4. The first-order chi connectivity index (χ1) is 9.02. The molecule has 1 aromatic carbocycles. The summed E-state index contributed by atoms with van der Waals surface area (Å²) in [5.74, 6) is 0. The zero-order chi connectivity index (χ0) is 14.3. The molecule has 0 amide bonds. The van der Waals surface area contributed by atoms with Gasteiger partial charge in [0.25, 0.3) is 0 Å². The van der Waals surface area contributed by atoms with Crippen molar-refractivity contribution < 1.29 is 0 Å². The number of benzene rings is 1. The van der Waals surface area contributed by atoms with E-state index in [1.165, 1.54) is 35.1 Å². The first-order valence-corrected chi connectivity index (χ1v) is 7.46. The molecule has 0 bridgehead atoms. The van der Waals surface area contributed by atoms with Crippen LogP contribution >= 0.6 is 0 Å². The molecule has 1 atom stereocenters. The van der Waals surface area contributed by atoms with Crippen molar-refractivity contribution in [1.82, 2.24) is 5.32 Å². The van der Waals surface area contributed by atoms with Crippen molar-refractivity contribution in [1.29, 1.82) is 0 Å². The van der Waals surface area contributed by atoms with Crippen LogP contribution in [-0.4, -0.2) is 12.6 Å². The maximum absolute atomic E-state index is 4.02. The maximum atomic E-state index is 4.02. The van der Waals surface area contributed by atoms with E-state index in [1.807, 2.05) is 0 Å². The molecule has 0 spiro atoms. The number of nitrogens with one attached hydrogen (secondary N) is 1. The highest BCUT2D eigenvalue weighted by Crippen LogP contribution is 2.16. The van der Waals surface area contributed by atoms with E-state index in [9.17, 15) is 0 Å². The molecule has 1 N–H and O–H groups in total. The molecule has 1 heteroatoms. The molecular formula is C18H29N. The molecule has 0 aromatic heterocycles. The highest BCUT2D eigenvalue weighted by molar-refractivity contribution is 5.31. The van der Waals surface area contributed by atoms with Gasteiger partial charge in [-0.25, -0.2) is 0 Å². The quantitative estimate of drug-likeness (QED) is 0.674. The SMILES string of the molecule is C=C(C)CCC(Cc1cc(C)ccc1C)NCCC. The highest BCUT2D eigenvalue weighted by atomic mass is 14.9. The van der Waals surface area contributed by atoms with Crippen molar-refractivity contribution in [2.45, 2.75) is 59.4 Å². The third kappa shape index (κ3) is 6.07. The van der Waals surface area contributed by atoms with E-state index in [4.69, 9.17) is 0 Å². The average molecular weight is 259 g/mol. The van der Waals surface area contributed by atoms with E-state index in [0.717, 1.165) is 19.4 Å². The summed E-state index contributed by atoms with van der Waals surface area (Å²) < 4.78 is 0. The molecule has 0 radical (unpaired) electrons. The average Bonchev–Trinajstić information content (AvgIpc) is 2.36. The fraction of sp³-hybridized carbons (Fsp3) is 0.556. The van der Waals surface area contributed by atoms with Gasteiger partial charge in [-0.1, -0.05) is 36.3 Å². The van der Waals surface area contributed by atoms with E-state index in [2.05, 4.69) is 57.8 Å². The smallest absolute Gasteiger partial charge is 0.0111 e. The van der Waals surface area contributed by atoms with Crippen molar-refractivity contribution in [2.24, 2.45) is 0 Å². The first-order valence-electron chi connectivity index (χ1n) is 7.46. The third-order valence-corrected chi connectivity index (χ3v) is 3.57. The van der Waals surface area contributed by atoms with Gasteiger partial charge in [0, 0.05) is 6.04 Å². The Morgan fingerprint density at radius 2 is 2.05 bits per heavy atom. The second kappa shape index (κ2) is 8.16. The fourth-order valence-electron chi connectivity index (χ4n) is 2.33. The van der Waals surface area contributed by atoms with Gasteiger partial charge in [0.2, 0.25) is 0 Å². The van der Waals surface area contributed by atoms with Crippen LogP contribution in [0.4, 0.5) is 0 Å². The van der Waals surface area contributed by atoms with E-state index < -0.39 is 0 Å². The van der Waals surface area contributed by atoms with Gasteiger partial charge in [-0.2, -0.15) is 0 Å². The molecule has 1 nitrogen and oxygen atoms in total. The van der Waals surface area contributed by atoms with Crippen LogP contribution in [0.5, 0.6) is 0 Å². The topological polar surface area (TPSA) is 12.0 Å². The van der Waals surface area contributed by atoms with Crippen LogP contribution in [0.3, 0.4) is 0 Å². The standard InChI is InChI=1S/C18H29N/c1-6-11-19-18(10-7-14(2)3)13-17-12-15(4)8-9-16(17)5/h8-9,12,18-19H,2,6-7,10-11,13H2,1,3-5H3. The Labute approximate surface area is 119 Å². The predicted molar refractivity (Wildman–Crippen MR) is 85.7 cm³/mol. The largest absolute Gasteiger partial charge is 0.314 e. The van der Waals surface area contributed by atoms with E-state index in [1.54, 1.807) is 0 Å². The summed E-state index contributed by atoms with van der Waals surface area (Å²) >= 11 is 0. The fourth-order valence-corrected chi connectivity index (χ4v) is 2.33. The lowest BCUT2D eigenvalue weighted by atomic mass is 9.95. The molecule has 1 rings (SSSR count). The molecule has 0 aliphatic carbocycles. The van der Waals surface area contributed by atoms with Crippen LogP contribution in [0, 0.1) is 13.8 Å². The minimum atomic E-state index is 0.567. The molecule has 0 saturated heterocycles. The summed E-state index contributed by atoms with van der Waals surface area (Å²) in [5, 5.41) is 3.68.